The standard InChI is InChI=1S/C13H21N3O3/c1-12(2,13(3,4)17)15-10-6-9(14-5)7-11(8-10)16(18)19/h6-8,14-15,17H,1-5H3. The van der Waals surface area contributed by atoms with Gasteiger partial charge >= 0.3 is 0 Å². The van der Waals surface area contributed by atoms with Crippen molar-refractivity contribution < 1.29 is 10.0 Å². The molecule has 0 bridgehead atoms. The molecule has 0 radical (unpaired) electrons. The number of hydrogen-bond donors (Lipinski definition) is 3. The Bertz CT molecular complexity index is 479. The molecule has 19 heavy (non-hydrogen) atoms. The van der Waals surface area contributed by atoms with Crippen molar-refractivity contribution in [1.29, 1.82) is 0 Å². The van der Waals surface area contributed by atoms with Crippen LogP contribution in [0.25, 0.3) is 0 Å². The minimum atomic E-state index is -0.975. The Morgan fingerprint density at radius 1 is 1.16 bits per heavy atom. The number of non-ortho nitro benzene ring substituents is 1. The van der Waals surface area contributed by atoms with Crippen LogP contribution in [0.3, 0.4) is 0 Å². The van der Waals surface area contributed by atoms with E-state index < -0.39 is 16.1 Å². The number of benzene rings is 1. The zero-order valence-corrected chi connectivity index (χ0v) is 11.9. The number of aliphatic hydroxyl groups is 1. The number of hydrogen-bond acceptors (Lipinski definition) is 5. The molecule has 106 valence electrons. The second-order valence-electron chi connectivity index (χ2n) is 5.58. The van der Waals surface area contributed by atoms with Crippen molar-refractivity contribution in [2.45, 2.75) is 38.8 Å². The SMILES string of the molecule is CNc1cc(NC(C)(C)C(C)(C)O)cc([N+](=O)[O-])c1. The highest BCUT2D eigenvalue weighted by Gasteiger charge is 2.35. The van der Waals surface area contributed by atoms with Gasteiger partial charge in [0.15, 0.2) is 0 Å². The maximum absolute atomic E-state index is 10.9. The summed E-state index contributed by atoms with van der Waals surface area (Å²) in [6, 6.07) is 4.68. The lowest BCUT2D eigenvalue weighted by molar-refractivity contribution is -0.384. The van der Waals surface area contributed by atoms with Gasteiger partial charge < -0.3 is 15.7 Å². The summed E-state index contributed by atoms with van der Waals surface area (Å²) >= 11 is 0. The van der Waals surface area contributed by atoms with Crippen molar-refractivity contribution in [2.75, 3.05) is 17.7 Å². The molecule has 1 aromatic carbocycles. The number of anilines is 2. The minimum Gasteiger partial charge on any atom is -0.388 e. The Hall–Kier alpha value is -1.82. The Morgan fingerprint density at radius 3 is 2.11 bits per heavy atom. The molecular weight excluding hydrogens is 246 g/mol. The van der Waals surface area contributed by atoms with Crippen molar-refractivity contribution in [1.82, 2.24) is 0 Å². The van der Waals surface area contributed by atoms with Gasteiger partial charge in [0.2, 0.25) is 0 Å². The second-order valence-corrected chi connectivity index (χ2v) is 5.58. The Balaban J connectivity index is 3.14. The number of nitro benzene ring substituents is 1. The summed E-state index contributed by atoms with van der Waals surface area (Å²) in [5.41, 5.74) is -0.375. The monoisotopic (exact) mass is 267 g/mol. The molecule has 3 N–H and O–H groups in total. The van der Waals surface area contributed by atoms with Gasteiger partial charge in [0.25, 0.3) is 5.69 Å². The van der Waals surface area contributed by atoms with Crippen LogP contribution in [0.4, 0.5) is 17.1 Å². The van der Waals surface area contributed by atoms with Crippen LogP contribution in [0.15, 0.2) is 18.2 Å². The fourth-order valence-electron chi connectivity index (χ4n) is 1.45. The van der Waals surface area contributed by atoms with E-state index in [1.807, 2.05) is 13.8 Å². The maximum atomic E-state index is 10.9. The van der Waals surface area contributed by atoms with Crippen LogP contribution in [0, 0.1) is 10.1 Å². The molecule has 0 spiro atoms. The molecule has 6 nitrogen and oxygen atoms in total. The molecule has 0 saturated carbocycles. The molecule has 1 aromatic rings. The van der Waals surface area contributed by atoms with Gasteiger partial charge in [-0.1, -0.05) is 0 Å². The summed E-state index contributed by atoms with van der Waals surface area (Å²) in [6.45, 7) is 7.06. The van der Waals surface area contributed by atoms with Gasteiger partial charge in [-0.15, -0.1) is 0 Å². The summed E-state index contributed by atoms with van der Waals surface area (Å²) < 4.78 is 0. The maximum Gasteiger partial charge on any atom is 0.273 e. The van der Waals surface area contributed by atoms with Gasteiger partial charge in [-0.05, 0) is 33.8 Å². The summed E-state index contributed by atoms with van der Waals surface area (Å²) in [5, 5.41) is 27.0. The van der Waals surface area contributed by atoms with E-state index >= 15 is 0 Å². The number of nitrogens with zero attached hydrogens (tertiary/aromatic N) is 1. The van der Waals surface area contributed by atoms with Gasteiger partial charge in [0, 0.05) is 30.6 Å². The molecule has 0 aliphatic heterocycles. The molecular formula is C13H21N3O3. The third kappa shape index (κ3) is 3.57. The Kier molecular flexibility index (Phi) is 4.05. The summed E-state index contributed by atoms with van der Waals surface area (Å²) in [6.07, 6.45) is 0. The average Bonchev–Trinajstić information content (AvgIpc) is 2.26. The fraction of sp³-hybridized carbons (Fsp3) is 0.538. The predicted molar refractivity (Wildman–Crippen MR) is 76.6 cm³/mol. The highest BCUT2D eigenvalue weighted by Crippen LogP contribution is 2.30. The molecule has 0 atom stereocenters. The largest absolute Gasteiger partial charge is 0.388 e. The van der Waals surface area contributed by atoms with Crippen LogP contribution in [0.2, 0.25) is 0 Å². The van der Waals surface area contributed by atoms with Crippen LogP contribution in [-0.2, 0) is 0 Å². The first-order chi connectivity index (χ1) is 8.56. The van der Waals surface area contributed by atoms with Crippen LogP contribution < -0.4 is 10.6 Å². The zero-order chi connectivity index (χ0) is 14.8. The number of nitrogens with one attached hydrogen (secondary N) is 2. The highest BCUT2D eigenvalue weighted by atomic mass is 16.6. The van der Waals surface area contributed by atoms with E-state index in [9.17, 15) is 15.2 Å². The van der Waals surface area contributed by atoms with E-state index in [1.165, 1.54) is 12.1 Å². The molecule has 6 heteroatoms. The van der Waals surface area contributed by atoms with Gasteiger partial charge in [-0.25, -0.2) is 0 Å². The first kappa shape index (κ1) is 15.2. The number of nitro groups is 1. The first-order valence-electron chi connectivity index (χ1n) is 6.04. The van der Waals surface area contributed by atoms with E-state index in [-0.39, 0.29) is 5.69 Å². The Labute approximate surface area is 113 Å². The predicted octanol–water partition coefficient (Wildman–Crippen LogP) is 2.60. The van der Waals surface area contributed by atoms with Crippen LogP contribution in [-0.4, -0.2) is 28.2 Å². The van der Waals surface area contributed by atoms with Crippen molar-refractivity contribution >= 4 is 17.1 Å². The molecule has 1 rings (SSSR count). The van der Waals surface area contributed by atoms with Gasteiger partial charge in [-0.2, -0.15) is 0 Å². The van der Waals surface area contributed by atoms with Crippen molar-refractivity contribution in [2.24, 2.45) is 0 Å². The molecule has 0 heterocycles. The van der Waals surface area contributed by atoms with E-state index in [2.05, 4.69) is 10.6 Å². The smallest absolute Gasteiger partial charge is 0.273 e. The lowest BCUT2D eigenvalue weighted by Crippen LogP contribution is -2.51. The van der Waals surface area contributed by atoms with Gasteiger partial charge in [-0.3, -0.25) is 10.1 Å². The summed E-state index contributed by atoms with van der Waals surface area (Å²) in [5.74, 6) is 0. The quantitative estimate of drug-likeness (QED) is 0.564. The lowest BCUT2D eigenvalue weighted by Gasteiger charge is -2.38. The third-order valence-corrected chi connectivity index (χ3v) is 3.40. The van der Waals surface area contributed by atoms with Crippen LogP contribution in [0.5, 0.6) is 0 Å². The van der Waals surface area contributed by atoms with Gasteiger partial charge in [0.1, 0.15) is 0 Å². The van der Waals surface area contributed by atoms with Crippen LogP contribution >= 0.6 is 0 Å². The lowest BCUT2D eigenvalue weighted by atomic mass is 9.85. The molecule has 0 aliphatic carbocycles. The Morgan fingerprint density at radius 2 is 1.68 bits per heavy atom. The molecule has 0 fully saturated rings. The molecule has 0 aromatic heterocycles. The van der Waals surface area contributed by atoms with E-state index in [4.69, 9.17) is 0 Å². The van der Waals surface area contributed by atoms with Crippen molar-refractivity contribution in [3.8, 4) is 0 Å². The van der Waals surface area contributed by atoms with E-state index in [0.717, 1.165) is 0 Å². The minimum absolute atomic E-state index is 0.000830. The summed E-state index contributed by atoms with van der Waals surface area (Å²) in [7, 11) is 1.70. The highest BCUT2D eigenvalue weighted by molar-refractivity contribution is 5.64. The molecule has 0 saturated heterocycles. The second kappa shape index (κ2) is 5.05. The third-order valence-electron chi connectivity index (χ3n) is 3.40. The topological polar surface area (TPSA) is 87.4 Å². The van der Waals surface area contributed by atoms with Crippen molar-refractivity contribution in [3.63, 3.8) is 0 Å². The normalized spacial score (nSPS) is 12.1. The fourth-order valence-corrected chi connectivity index (χ4v) is 1.45. The van der Waals surface area contributed by atoms with E-state index in [0.29, 0.717) is 11.4 Å². The number of rotatable bonds is 5. The summed E-state index contributed by atoms with van der Waals surface area (Å²) in [4.78, 5) is 10.4. The molecule has 0 unspecified atom stereocenters. The van der Waals surface area contributed by atoms with E-state index in [1.54, 1.807) is 27.0 Å². The van der Waals surface area contributed by atoms with Crippen molar-refractivity contribution in [3.05, 3.63) is 28.3 Å². The zero-order valence-electron chi connectivity index (χ0n) is 11.9. The molecule has 0 aliphatic rings. The average molecular weight is 267 g/mol. The first-order valence-corrected chi connectivity index (χ1v) is 6.04. The molecule has 0 amide bonds. The van der Waals surface area contributed by atoms with Crippen LogP contribution in [0.1, 0.15) is 27.7 Å². The van der Waals surface area contributed by atoms with Gasteiger partial charge in [0.05, 0.1) is 16.1 Å².